The van der Waals surface area contributed by atoms with Crippen LogP contribution in [0.3, 0.4) is 0 Å². The molecule has 4 rings (SSSR count). The predicted octanol–water partition coefficient (Wildman–Crippen LogP) is 2.92. The number of nitrogens with zero attached hydrogens (tertiary/aromatic N) is 3. The summed E-state index contributed by atoms with van der Waals surface area (Å²) < 4.78 is 7.36. The number of pyridine rings is 1. The zero-order valence-corrected chi connectivity index (χ0v) is 14.6. The van der Waals surface area contributed by atoms with Crippen molar-refractivity contribution in [2.75, 3.05) is 13.2 Å². The fourth-order valence-electron chi connectivity index (χ4n) is 3.98. The van der Waals surface area contributed by atoms with Crippen molar-refractivity contribution < 1.29 is 9.53 Å². The van der Waals surface area contributed by atoms with Crippen molar-refractivity contribution >= 4 is 16.9 Å². The van der Waals surface area contributed by atoms with Crippen molar-refractivity contribution in [2.45, 2.75) is 57.5 Å². The van der Waals surface area contributed by atoms with E-state index in [-0.39, 0.29) is 11.9 Å². The van der Waals surface area contributed by atoms with Gasteiger partial charge in [0.05, 0.1) is 5.39 Å². The van der Waals surface area contributed by atoms with Gasteiger partial charge in [-0.25, -0.2) is 9.67 Å². The summed E-state index contributed by atoms with van der Waals surface area (Å²) in [6, 6.07) is 4.11. The molecule has 2 aliphatic rings. The number of carbonyl (C=O) groups is 1. The van der Waals surface area contributed by atoms with Gasteiger partial charge in [-0.1, -0.05) is 19.3 Å². The van der Waals surface area contributed by atoms with Gasteiger partial charge in [0.25, 0.3) is 5.91 Å². The van der Waals surface area contributed by atoms with Crippen LogP contribution in [0.15, 0.2) is 18.3 Å². The topological polar surface area (TPSA) is 69.0 Å². The molecule has 2 aromatic rings. The van der Waals surface area contributed by atoms with Gasteiger partial charge in [-0.05, 0) is 43.7 Å². The highest BCUT2D eigenvalue weighted by Gasteiger charge is 2.23. The minimum atomic E-state index is -0.0596. The van der Waals surface area contributed by atoms with Crippen LogP contribution in [0.2, 0.25) is 0 Å². The molecular formula is C19H26N4O2. The van der Waals surface area contributed by atoms with E-state index < -0.39 is 0 Å². The SMILES string of the molecule is O=C(NC1CCCCC1)c1nn(CC2CCOCC2)c2ncccc12. The Balaban J connectivity index is 1.56. The molecule has 1 saturated carbocycles. The van der Waals surface area contributed by atoms with E-state index in [0.29, 0.717) is 11.6 Å². The Morgan fingerprint density at radius 3 is 2.80 bits per heavy atom. The first-order valence-corrected chi connectivity index (χ1v) is 9.51. The van der Waals surface area contributed by atoms with E-state index in [2.05, 4.69) is 15.4 Å². The maximum absolute atomic E-state index is 12.8. The third-order valence-electron chi connectivity index (χ3n) is 5.43. The van der Waals surface area contributed by atoms with Crippen LogP contribution in [0.25, 0.3) is 11.0 Å². The summed E-state index contributed by atoms with van der Waals surface area (Å²) in [5.41, 5.74) is 1.32. The lowest BCUT2D eigenvalue weighted by Gasteiger charge is -2.22. The van der Waals surface area contributed by atoms with E-state index in [0.717, 1.165) is 56.5 Å². The standard InChI is InChI=1S/C19H26N4O2/c24-19(21-15-5-2-1-3-6-15)17-16-7-4-10-20-18(16)23(22-17)13-14-8-11-25-12-9-14/h4,7,10,14-15H,1-3,5-6,8-9,11-13H2,(H,21,24). The quantitative estimate of drug-likeness (QED) is 0.927. The van der Waals surface area contributed by atoms with Crippen LogP contribution in [0.1, 0.15) is 55.4 Å². The maximum atomic E-state index is 12.8. The lowest BCUT2D eigenvalue weighted by Crippen LogP contribution is -2.36. The van der Waals surface area contributed by atoms with Crippen LogP contribution >= 0.6 is 0 Å². The predicted molar refractivity (Wildman–Crippen MR) is 95.4 cm³/mol. The molecule has 1 aliphatic carbocycles. The van der Waals surface area contributed by atoms with Crippen LogP contribution in [0, 0.1) is 5.92 Å². The smallest absolute Gasteiger partial charge is 0.272 e. The van der Waals surface area contributed by atoms with Crippen molar-refractivity contribution in [1.29, 1.82) is 0 Å². The molecule has 0 atom stereocenters. The number of fused-ring (bicyclic) bond motifs is 1. The Labute approximate surface area is 147 Å². The van der Waals surface area contributed by atoms with Gasteiger partial charge in [-0.15, -0.1) is 0 Å². The first-order chi connectivity index (χ1) is 12.3. The molecule has 3 heterocycles. The van der Waals surface area contributed by atoms with Gasteiger partial charge in [0.2, 0.25) is 0 Å². The maximum Gasteiger partial charge on any atom is 0.272 e. The molecule has 1 N–H and O–H groups in total. The molecule has 25 heavy (non-hydrogen) atoms. The highest BCUT2D eigenvalue weighted by atomic mass is 16.5. The molecule has 0 radical (unpaired) electrons. The second-order valence-corrected chi connectivity index (χ2v) is 7.27. The van der Waals surface area contributed by atoms with Crippen LogP contribution in [0.4, 0.5) is 0 Å². The van der Waals surface area contributed by atoms with Gasteiger partial charge >= 0.3 is 0 Å². The van der Waals surface area contributed by atoms with Crippen molar-refractivity contribution in [2.24, 2.45) is 5.92 Å². The molecule has 134 valence electrons. The fourth-order valence-corrected chi connectivity index (χ4v) is 3.98. The number of hydrogen-bond donors (Lipinski definition) is 1. The summed E-state index contributed by atoms with van der Waals surface area (Å²) in [5.74, 6) is 0.476. The Morgan fingerprint density at radius 1 is 1.20 bits per heavy atom. The molecule has 1 saturated heterocycles. The summed E-state index contributed by atoms with van der Waals surface area (Å²) in [7, 11) is 0. The lowest BCUT2D eigenvalue weighted by molar-refractivity contribution is 0.0604. The Bertz CT molecular complexity index is 730. The molecular weight excluding hydrogens is 316 g/mol. The van der Waals surface area contributed by atoms with Gasteiger partial charge in [-0.2, -0.15) is 5.10 Å². The zero-order chi connectivity index (χ0) is 17.1. The summed E-state index contributed by atoms with van der Waals surface area (Å²) >= 11 is 0. The van der Waals surface area contributed by atoms with Crippen LogP contribution in [0.5, 0.6) is 0 Å². The normalized spacial score (nSPS) is 20.0. The average Bonchev–Trinajstić information content (AvgIpc) is 3.02. The second-order valence-electron chi connectivity index (χ2n) is 7.27. The van der Waals surface area contributed by atoms with Gasteiger partial charge < -0.3 is 10.1 Å². The highest BCUT2D eigenvalue weighted by molar-refractivity contribution is 6.04. The summed E-state index contributed by atoms with van der Waals surface area (Å²) in [6.07, 6.45) is 9.67. The highest BCUT2D eigenvalue weighted by Crippen LogP contribution is 2.23. The second kappa shape index (κ2) is 7.52. The molecule has 2 fully saturated rings. The van der Waals surface area contributed by atoms with Crippen molar-refractivity contribution in [3.05, 3.63) is 24.0 Å². The first-order valence-electron chi connectivity index (χ1n) is 9.51. The Morgan fingerprint density at radius 2 is 2.00 bits per heavy atom. The van der Waals surface area contributed by atoms with E-state index in [1.807, 2.05) is 16.8 Å². The lowest BCUT2D eigenvalue weighted by atomic mass is 9.95. The monoisotopic (exact) mass is 342 g/mol. The molecule has 0 bridgehead atoms. The van der Waals surface area contributed by atoms with Gasteiger partial charge in [0, 0.05) is 32.0 Å². The Hall–Kier alpha value is -1.95. The fraction of sp³-hybridized carbons (Fsp3) is 0.632. The van der Waals surface area contributed by atoms with E-state index in [9.17, 15) is 4.79 Å². The van der Waals surface area contributed by atoms with Crippen LogP contribution in [-0.4, -0.2) is 39.9 Å². The minimum absolute atomic E-state index is 0.0596. The van der Waals surface area contributed by atoms with Gasteiger partial charge in [-0.3, -0.25) is 4.79 Å². The molecule has 0 unspecified atom stereocenters. The number of rotatable bonds is 4. The summed E-state index contributed by atoms with van der Waals surface area (Å²) in [5, 5.41) is 8.68. The van der Waals surface area contributed by atoms with E-state index in [1.165, 1.54) is 19.3 Å². The van der Waals surface area contributed by atoms with Crippen LogP contribution in [-0.2, 0) is 11.3 Å². The van der Waals surface area contributed by atoms with E-state index in [1.54, 1.807) is 6.20 Å². The molecule has 0 spiro atoms. The van der Waals surface area contributed by atoms with Gasteiger partial charge in [0.15, 0.2) is 11.3 Å². The van der Waals surface area contributed by atoms with E-state index in [4.69, 9.17) is 4.74 Å². The Kier molecular flexibility index (Phi) is 4.97. The number of amides is 1. The summed E-state index contributed by atoms with van der Waals surface area (Å²) in [6.45, 7) is 2.42. The number of aromatic nitrogens is 3. The van der Waals surface area contributed by atoms with Crippen molar-refractivity contribution in [3.8, 4) is 0 Å². The van der Waals surface area contributed by atoms with Gasteiger partial charge in [0.1, 0.15) is 0 Å². The number of carbonyl (C=O) groups excluding carboxylic acids is 1. The third kappa shape index (κ3) is 3.68. The number of hydrogen-bond acceptors (Lipinski definition) is 4. The van der Waals surface area contributed by atoms with E-state index >= 15 is 0 Å². The van der Waals surface area contributed by atoms with Crippen LogP contribution < -0.4 is 5.32 Å². The molecule has 6 nitrogen and oxygen atoms in total. The largest absolute Gasteiger partial charge is 0.381 e. The minimum Gasteiger partial charge on any atom is -0.381 e. The molecule has 2 aromatic heterocycles. The molecule has 1 amide bonds. The van der Waals surface area contributed by atoms with Crippen molar-refractivity contribution in [1.82, 2.24) is 20.1 Å². The molecule has 1 aliphatic heterocycles. The number of ether oxygens (including phenoxy) is 1. The first kappa shape index (κ1) is 16.5. The average molecular weight is 342 g/mol. The number of nitrogens with one attached hydrogen (secondary N) is 1. The molecule has 6 heteroatoms. The third-order valence-corrected chi connectivity index (χ3v) is 5.43. The molecule has 0 aromatic carbocycles. The summed E-state index contributed by atoms with van der Waals surface area (Å²) in [4.78, 5) is 17.3. The van der Waals surface area contributed by atoms with Crippen molar-refractivity contribution in [3.63, 3.8) is 0 Å². The zero-order valence-electron chi connectivity index (χ0n) is 14.6.